The van der Waals surface area contributed by atoms with Gasteiger partial charge >= 0.3 is 5.97 Å². The molecule has 0 saturated heterocycles. The van der Waals surface area contributed by atoms with E-state index in [1.807, 2.05) is 0 Å². The van der Waals surface area contributed by atoms with Gasteiger partial charge < -0.3 is 19.7 Å². The van der Waals surface area contributed by atoms with E-state index in [2.05, 4.69) is 0 Å². The van der Waals surface area contributed by atoms with Crippen molar-refractivity contribution in [2.45, 2.75) is 18.9 Å². The van der Waals surface area contributed by atoms with Crippen LogP contribution in [-0.2, 0) is 11.2 Å². The molecule has 5 heteroatoms. The van der Waals surface area contributed by atoms with Crippen LogP contribution in [0.4, 0.5) is 0 Å². The van der Waals surface area contributed by atoms with Gasteiger partial charge in [-0.15, -0.1) is 0 Å². The summed E-state index contributed by atoms with van der Waals surface area (Å²) < 4.78 is 10.2. The second-order valence-corrected chi connectivity index (χ2v) is 3.93. The van der Waals surface area contributed by atoms with Crippen LogP contribution in [0.25, 0.3) is 0 Å². The quantitative estimate of drug-likeness (QED) is 0.805. The zero-order valence-corrected chi connectivity index (χ0v) is 10.1. The minimum absolute atomic E-state index is 0.0322. The highest BCUT2D eigenvalue weighted by molar-refractivity contribution is 5.77. The fraction of sp³-hybridized carbons (Fsp3) is 0.417. The molecule has 0 aliphatic carbocycles. The average molecular weight is 240 g/mol. The maximum Gasteiger partial charge on any atom is 0.335 e. The topological polar surface area (TPSA) is 76.0 Å². The number of ether oxygens (including phenoxy) is 2. The summed E-state index contributed by atoms with van der Waals surface area (Å²) in [5.41, 5.74) is -1.21. The molecule has 0 amide bonds. The van der Waals surface area contributed by atoms with Crippen LogP contribution in [0.5, 0.6) is 11.5 Å². The number of carbonyl (C=O) groups is 1. The fourth-order valence-electron chi connectivity index (χ4n) is 1.44. The highest BCUT2D eigenvalue weighted by Gasteiger charge is 2.31. The van der Waals surface area contributed by atoms with Crippen LogP contribution in [-0.4, -0.2) is 36.0 Å². The van der Waals surface area contributed by atoms with Gasteiger partial charge in [0.25, 0.3) is 0 Å². The normalized spacial score (nSPS) is 13.9. The molecule has 0 radical (unpaired) electrons. The molecule has 1 rings (SSSR count). The van der Waals surface area contributed by atoms with E-state index in [-0.39, 0.29) is 6.42 Å². The summed E-state index contributed by atoms with van der Waals surface area (Å²) >= 11 is 0. The average Bonchev–Trinajstić information content (AvgIpc) is 2.29. The summed E-state index contributed by atoms with van der Waals surface area (Å²) in [7, 11) is 3.01. The molecule has 17 heavy (non-hydrogen) atoms. The lowest BCUT2D eigenvalue weighted by Crippen LogP contribution is -2.37. The summed E-state index contributed by atoms with van der Waals surface area (Å²) in [6, 6.07) is 5.01. The number of carboxylic acid groups (broad SMARTS) is 1. The van der Waals surface area contributed by atoms with Crippen LogP contribution in [0.1, 0.15) is 12.5 Å². The number of rotatable bonds is 5. The Morgan fingerprint density at radius 1 is 1.35 bits per heavy atom. The lowest BCUT2D eigenvalue weighted by molar-refractivity contribution is -0.156. The van der Waals surface area contributed by atoms with E-state index in [0.29, 0.717) is 17.1 Å². The molecule has 94 valence electrons. The maximum atomic E-state index is 10.8. The van der Waals surface area contributed by atoms with E-state index < -0.39 is 11.6 Å². The molecule has 1 aromatic carbocycles. The Morgan fingerprint density at radius 3 is 2.47 bits per heavy atom. The Labute approximate surface area is 99.6 Å². The Morgan fingerprint density at radius 2 is 2.00 bits per heavy atom. The fourth-order valence-corrected chi connectivity index (χ4v) is 1.44. The van der Waals surface area contributed by atoms with Crippen LogP contribution in [0.2, 0.25) is 0 Å². The summed E-state index contributed by atoms with van der Waals surface area (Å²) in [6.07, 6.45) is -0.0322. The zero-order chi connectivity index (χ0) is 13.1. The molecular weight excluding hydrogens is 224 g/mol. The van der Waals surface area contributed by atoms with Crippen LogP contribution < -0.4 is 9.47 Å². The smallest absolute Gasteiger partial charge is 0.335 e. The molecule has 1 atom stereocenters. The molecule has 1 unspecified atom stereocenters. The Kier molecular flexibility index (Phi) is 3.96. The number of methoxy groups -OCH3 is 2. The zero-order valence-electron chi connectivity index (χ0n) is 10.1. The second kappa shape index (κ2) is 5.05. The monoisotopic (exact) mass is 240 g/mol. The van der Waals surface area contributed by atoms with Crippen molar-refractivity contribution in [2.75, 3.05) is 14.2 Å². The second-order valence-electron chi connectivity index (χ2n) is 3.93. The maximum absolute atomic E-state index is 10.8. The van der Waals surface area contributed by atoms with Gasteiger partial charge in [0.1, 0.15) is 11.5 Å². The van der Waals surface area contributed by atoms with E-state index in [0.717, 1.165) is 0 Å². The molecule has 0 saturated carbocycles. The number of aliphatic carboxylic acids is 1. The minimum atomic E-state index is -1.82. The van der Waals surface area contributed by atoms with Crippen molar-refractivity contribution in [1.82, 2.24) is 0 Å². The molecule has 0 fully saturated rings. The molecule has 0 aliphatic heterocycles. The van der Waals surface area contributed by atoms with Crippen LogP contribution in [0.15, 0.2) is 18.2 Å². The molecule has 2 N–H and O–H groups in total. The predicted molar refractivity (Wildman–Crippen MR) is 61.5 cm³/mol. The lowest BCUT2D eigenvalue weighted by Gasteiger charge is -2.19. The van der Waals surface area contributed by atoms with Gasteiger partial charge in [-0.3, -0.25) is 0 Å². The Bertz CT molecular complexity index is 411. The summed E-state index contributed by atoms with van der Waals surface area (Å²) in [4.78, 5) is 10.8. The SMILES string of the molecule is COc1ccc(CC(C)(O)C(=O)O)c(OC)c1. The molecule has 5 nitrogen and oxygen atoms in total. The molecule has 0 heterocycles. The van der Waals surface area contributed by atoms with Crippen LogP contribution in [0, 0.1) is 0 Å². The van der Waals surface area contributed by atoms with Gasteiger partial charge in [-0.05, 0) is 18.6 Å². The number of hydrogen-bond acceptors (Lipinski definition) is 4. The van der Waals surface area contributed by atoms with Gasteiger partial charge in [-0.25, -0.2) is 4.79 Å². The molecule has 0 spiro atoms. The molecule has 0 aromatic heterocycles. The third-order valence-corrected chi connectivity index (χ3v) is 2.49. The largest absolute Gasteiger partial charge is 0.497 e. The van der Waals surface area contributed by atoms with Crippen molar-refractivity contribution in [3.05, 3.63) is 23.8 Å². The highest BCUT2D eigenvalue weighted by Crippen LogP contribution is 2.27. The van der Waals surface area contributed by atoms with Crippen molar-refractivity contribution >= 4 is 5.97 Å². The van der Waals surface area contributed by atoms with E-state index in [1.54, 1.807) is 18.2 Å². The Hall–Kier alpha value is -1.75. The first-order valence-electron chi connectivity index (χ1n) is 5.07. The van der Waals surface area contributed by atoms with Gasteiger partial charge in [0, 0.05) is 12.5 Å². The van der Waals surface area contributed by atoms with Gasteiger partial charge in [0.05, 0.1) is 14.2 Å². The van der Waals surface area contributed by atoms with Crippen molar-refractivity contribution < 1.29 is 24.5 Å². The minimum Gasteiger partial charge on any atom is -0.497 e. The number of aliphatic hydroxyl groups is 1. The van der Waals surface area contributed by atoms with E-state index in [1.165, 1.54) is 21.1 Å². The van der Waals surface area contributed by atoms with Crippen molar-refractivity contribution in [3.8, 4) is 11.5 Å². The van der Waals surface area contributed by atoms with Gasteiger partial charge in [0.2, 0.25) is 0 Å². The standard InChI is InChI=1S/C12H16O5/c1-12(15,11(13)14)7-8-4-5-9(16-2)6-10(8)17-3/h4-6,15H,7H2,1-3H3,(H,13,14). The molecule has 0 bridgehead atoms. The third-order valence-electron chi connectivity index (χ3n) is 2.49. The molecule has 0 aliphatic rings. The molecule has 1 aromatic rings. The highest BCUT2D eigenvalue weighted by atomic mass is 16.5. The number of carboxylic acids is 1. The summed E-state index contributed by atoms with van der Waals surface area (Å²) in [5, 5.41) is 18.6. The van der Waals surface area contributed by atoms with Crippen LogP contribution >= 0.6 is 0 Å². The number of hydrogen-bond donors (Lipinski definition) is 2. The van der Waals surface area contributed by atoms with Crippen molar-refractivity contribution in [3.63, 3.8) is 0 Å². The first-order valence-corrected chi connectivity index (χ1v) is 5.07. The van der Waals surface area contributed by atoms with Crippen LogP contribution in [0.3, 0.4) is 0 Å². The predicted octanol–water partition coefficient (Wildman–Crippen LogP) is 1.08. The molecular formula is C12H16O5. The van der Waals surface area contributed by atoms with Gasteiger partial charge in [-0.1, -0.05) is 6.07 Å². The van der Waals surface area contributed by atoms with Gasteiger partial charge in [0.15, 0.2) is 5.60 Å². The third kappa shape index (κ3) is 3.10. The first kappa shape index (κ1) is 13.3. The summed E-state index contributed by atoms with van der Waals surface area (Å²) in [5.74, 6) is -0.165. The van der Waals surface area contributed by atoms with E-state index in [9.17, 15) is 9.90 Å². The Balaban J connectivity index is 3.02. The summed E-state index contributed by atoms with van der Waals surface area (Å²) in [6.45, 7) is 1.25. The van der Waals surface area contributed by atoms with Crippen molar-refractivity contribution in [1.29, 1.82) is 0 Å². The van der Waals surface area contributed by atoms with E-state index >= 15 is 0 Å². The van der Waals surface area contributed by atoms with E-state index in [4.69, 9.17) is 14.6 Å². The lowest BCUT2D eigenvalue weighted by atomic mass is 9.96. The number of benzene rings is 1. The van der Waals surface area contributed by atoms with Gasteiger partial charge in [-0.2, -0.15) is 0 Å². The first-order chi connectivity index (χ1) is 7.90. The van der Waals surface area contributed by atoms with Crippen molar-refractivity contribution in [2.24, 2.45) is 0 Å².